The molecule has 2 aliphatic rings. The zero-order valence-electron chi connectivity index (χ0n) is 16.9. The average Bonchev–Trinajstić information content (AvgIpc) is 2.69. The predicted octanol–water partition coefficient (Wildman–Crippen LogP) is 3.24. The van der Waals surface area contributed by atoms with E-state index >= 15 is 0 Å². The maximum atomic E-state index is 12.3. The molecule has 0 aliphatic carbocycles. The van der Waals surface area contributed by atoms with E-state index in [4.69, 9.17) is 4.74 Å². The Morgan fingerprint density at radius 3 is 2.82 bits per heavy atom. The number of benzene rings is 1. The van der Waals surface area contributed by atoms with Crippen molar-refractivity contribution >= 4 is 23.8 Å². The number of nitrogens with zero attached hydrogens (tertiary/aromatic N) is 3. The maximum Gasteiger partial charge on any atom is 0.324 e. The molecular weight excluding hydrogens is 354 g/mol. The fraction of sp³-hybridized carbons (Fsp3) is 0.571. The Morgan fingerprint density at radius 1 is 1.25 bits per heavy atom. The lowest BCUT2D eigenvalue weighted by Gasteiger charge is -2.26. The molecule has 3 rings (SSSR count). The first-order chi connectivity index (χ1) is 13.6. The van der Waals surface area contributed by atoms with Gasteiger partial charge in [-0.15, -0.1) is 0 Å². The minimum atomic E-state index is -0.344. The number of aryl methyl sites for hydroxylation is 1. The minimum absolute atomic E-state index is 0.162. The van der Waals surface area contributed by atoms with Gasteiger partial charge in [-0.2, -0.15) is 0 Å². The summed E-state index contributed by atoms with van der Waals surface area (Å²) in [6.07, 6.45) is 6.53. The van der Waals surface area contributed by atoms with Crippen LogP contribution in [0.3, 0.4) is 0 Å². The summed E-state index contributed by atoms with van der Waals surface area (Å²) < 4.78 is 5.96. The van der Waals surface area contributed by atoms with Gasteiger partial charge in [-0.3, -0.25) is 15.3 Å². The molecule has 1 fully saturated rings. The zero-order valence-corrected chi connectivity index (χ0v) is 16.9. The molecule has 28 heavy (non-hydrogen) atoms. The smallest absolute Gasteiger partial charge is 0.324 e. The third-order valence-corrected chi connectivity index (χ3v) is 4.93. The molecule has 1 atom stereocenters. The lowest BCUT2D eigenvalue weighted by molar-refractivity contribution is 0.205. The molecule has 0 radical (unpaired) electrons. The third-order valence-electron chi connectivity index (χ3n) is 4.93. The van der Waals surface area contributed by atoms with Crippen molar-refractivity contribution in [2.45, 2.75) is 45.6 Å². The van der Waals surface area contributed by atoms with Crippen LogP contribution in [0.1, 0.15) is 38.2 Å². The molecular formula is C21H31N5O2. The number of ether oxygens (including phenoxy) is 1. The summed E-state index contributed by atoms with van der Waals surface area (Å²) in [4.78, 5) is 23.4. The topological polar surface area (TPSA) is 78.3 Å². The lowest BCUT2D eigenvalue weighted by Crippen LogP contribution is -2.37. The van der Waals surface area contributed by atoms with Crippen LogP contribution in [0, 0.1) is 6.92 Å². The van der Waals surface area contributed by atoms with Crippen molar-refractivity contribution < 1.29 is 9.53 Å². The van der Waals surface area contributed by atoms with E-state index in [1.165, 1.54) is 32.4 Å². The van der Waals surface area contributed by atoms with E-state index in [-0.39, 0.29) is 12.1 Å². The van der Waals surface area contributed by atoms with Crippen molar-refractivity contribution in [1.82, 2.24) is 10.2 Å². The molecule has 152 valence electrons. The highest BCUT2D eigenvalue weighted by Crippen LogP contribution is 2.26. The molecule has 2 aliphatic heterocycles. The Labute approximate surface area is 167 Å². The summed E-state index contributed by atoms with van der Waals surface area (Å²) in [6, 6.07) is 5.63. The van der Waals surface area contributed by atoms with Gasteiger partial charge in [0.25, 0.3) is 0 Å². The van der Waals surface area contributed by atoms with E-state index < -0.39 is 0 Å². The highest BCUT2D eigenvalue weighted by Gasteiger charge is 2.13. The zero-order chi connectivity index (χ0) is 19.8. The Balaban J connectivity index is 1.50. The summed E-state index contributed by atoms with van der Waals surface area (Å²) in [6.45, 7) is 8.65. The van der Waals surface area contributed by atoms with Gasteiger partial charge in [0.1, 0.15) is 11.6 Å². The second-order valence-electron chi connectivity index (χ2n) is 7.54. The van der Waals surface area contributed by atoms with Crippen LogP contribution in [0.2, 0.25) is 0 Å². The number of carbonyl (C=O) groups excluding carboxylic acids is 1. The van der Waals surface area contributed by atoms with Gasteiger partial charge in [-0.05, 0) is 63.9 Å². The van der Waals surface area contributed by atoms with Crippen LogP contribution in [0.15, 0.2) is 28.2 Å². The third kappa shape index (κ3) is 6.34. The molecule has 1 aromatic carbocycles. The summed E-state index contributed by atoms with van der Waals surface area (Å²) in [5, 5.41) is 5.61. The molecule has 7 heteroatoms. The number of rotatable bonds is 6. The number of hydrogen-bond acceptors (Lipinski definition) is 5. The number of amidine groups is 1. The first kappa shape index (κ1) is 20.3. The van der Waals surface area contributed by atoms with Crippen molar-refractivity contribution in [3.8, 4) is 5.75 Å². The van der Waals surface area contributed by atoms with Gasteiger partial charge in [0, 0.05) is 6.54 Å². The normalized spacial score (nSPS) is 19.8. The number of carbonyl (C=O) groups is 1. The van der Waals surface area contributed by atoms with Gasteiger partial charge in [0.2, 0.25) is 0 Å². The van der Waals surface area contributed by atoms with Crippen LogP contribution in [-0.2, 0) is 0 Å². The number of piperidine rings is 1. The molecule has 1 unspecified atom stereocenters. The van der Waals surface area contributed by atoms with E-state index in [0.717, 1.165) is 18.5 Å². The number of amides is 2. The Hall–Kier alpha value is -2.41. The highest BCUT2D eigenvalue weighted by atomic mass is 16.5. The minimum Gasteiger partial charge on any atom is -0.491 e. The first-order valence-electron chi connectivity index (χ1n) is 10.2. The molecule has 1 saturated heterocycles. The van der Waals surface area contributed by atoms with Gasteiger partial charge in [-0.25, -0.2) is 4.79 Å². The summed E-state index contributed by atoms with van der Waals surface area (Å²) >= 11 is 0. The van der Waals surface area contributed by atoms with Crippen LogP contribution in [-0.4, -0.2) is 61.8 Å². The fourth-order valence-corrected chi connectivity index (χ4v) is 3.38. The molecule has 7 nitrogen and oxygen atoms in total. The van der Waals surface area contributed by atoms with Gasteiger partial charge >= 0.3 is 6.03 Å². The second kappa shape index (κ2) is 10.2. The largest absolute Gasteiger partial charge is 0.491 e. The molecule has 2 heterocycles. The highest BCUT2D eigenvalue weighted by molar-refractivity contribution is 6.33. The monoisotopic (exact) mass is 385 g/mol. The SMILES string of the molecule is Cc1ccc(OCCCN2CCCCC2)c(NC(=O)NC2=NCC(C)N=C2)c1. The maximum absolute atomic E-state index is 12.3. The average molecular weight is 386 g/mol. The van der Waals surface area contributed by atoms with Crippen LogP contribution >= 0.6 is 0 Å². The molecule has 1 aromatic rings. The van der Waals surface area contributed by atoms with E-state index in [0.29, 0.717) is 30.4 Å². The van der Waals surface area contributed by atoms with Gasteiger partial charge in [0.15, 0.2) is 0 Å². The summed E-state index contributed by atoms with van der Waals surface area (Å²) in [5.74, 6) is 1.17. The summed E-state index contributed by atoms with van der Waals surface area (Å²) in [5.41, 5.74) is 1.72. The Morgan fingerprint density at radius 2 is 2.07 bits per heavy atom. The van der Waals surface area contributed by atoms with E-state index in [2.05, 4.69) is 25.5 Å². The van der Waals surface area contributed by atoms with Crippen molar-refractivity contribution in [2.24, 2.45) is 9.98 Å². The van der Waals surface area contributed by atoms with E-state index in [1.54, 1.807) is 6.21 Å². The number of nitrogens with one attached hydrogen (secondary N) is 2. The molecule has 2 N–H and O–H groups in total. The predicted molar refractivity (Wildman–Crippen MR) is 114 cm³/mol. The number of urea groups is 1. The van der Waals surface area contributed by atoms with Crippen LogP contribution < -0.4 is 15.4 Å². The quantitative estimate of drug-likeness (QED) is 0.738. The Bertz CT molecular complexity index is 726. The summed E-state index contributed by atoms with van der Waals surface area (Å²) in [7, 11) is 0. The van der Waals surface area contributed by atoms with Gasteiger partial charge in [-0.1, -0.05) is 12.5 Å². The van der Waals surface area contributed by atoms with Crippen molar-refractivity contribution in [2.75, 3.05) is 38.1 Å². The molecule has 0 spiro atoms. The first-order valence-corrected chi connectivity index (χ1v) is 10.2. The molecule has 0 aromatic heterocycles. The van der Waals surface area contributed by atoms with Crippen LogP contribution in [0.25, 0.3) is 0 Å². The van der Waals surface area contributed by atoms with Gasteiger partial charge in [0.05, 0.1) is 31.1 Å². The number of likely N-dealkylation sites (tertiary alicyclic amines) is 1. The van der Waals surface area contributed by atoms with Crippen molar-refractivity contribution in [1.29, 1.82) is 0 Å². The molecule has 2 amide bonds. The van der Waals surface area contributed by atoms with Crippen LogP contribution in [0.5, 0.6) is 5.75 Å². The second-order valence-corrected chi connectivity index (χ2v) is 7.54. The number of anilines is 1. The van der Waals surface area contributed by atoms with Crippen molar-refractivity contribution in [3.63, 3.8) is 0 Å². The van der Waals surface area contributed by atoms with Crippen molar-refractivity contribution in [3.05, 3.63) is 23.8 Å². The molecule has 0 saturated carbocycles. The van der Waals surface area contributed by atoms with Crippen LogP contribution in [0.4, 0.5) is 10.5 Å². The molecule has 0 bridgehead atoms. The standard InChI is InChI=1S/C21H31N5O2/c1-16-7-8-19(28-12-6-11-26-9-4-3-5-10-26)18(13-16)24-21(27)25-20-15-22-17(2)14-23-20/h7-8,13,15,17H,3-6,9-12,14H2,1-2H3,(H2,23,24,25,27). The lowest BCUT2D eigenvalue weighted by atomic mass is 10.1. The van der Waals surface area contributed by atoms with E-state index in [1.807, 2.05) is 32.0 Å². The van der Waals surface area contributed by atoms with Gasteiger partial charge < -0.3 is 15.0 Å². The fourth-order valence-electron chi connectivity index (χ4n) is 3.38. The van der Waals surface area contributed by atoms with E-state index in [9.17, 15) is 4.79 Å². The number of aliphatic imine (C=N–C) groups is 2. The number of hydrogen-bond donors (Lipinski definition) is 2. The Kier molecular flexibility index (Phi) is 7.42.